The summed E-state index contributed by atoms with van der Waals surface area (Å²) in [7, 11) is 1.70. The van der Waals surface area contributed by atoms with Crippen LogP contribution in [0.4, 0.5) is 0 Å². The molecule has 0 fully saturated rings. The lowest BCUT2D eigenvalue weighted by Crippen LogP contribution is -2.19. The Morgan fingerprint density at radius 3 is 2.74 bits per heavy atom. The van der Waals surface area contributed by atoms with E-state index in [2.05, 4.69) is 31.3 Å². The lowest BCUT2D eigenvalue weighted by molar-refractivity contribution is 0.0687. The van der Waals surface area contributed by atoms with Gasteiger partial charge in [-0.05, 0) is 44.9 Å². The van der Waals surface area contributed by atoms with E-state index >= 15 is 0 Å². The van der Waals surface area contributed by atoms with Crippen molar-refractivity contribution in [1.82, 2.24) is 5.32 Å². The van der Waals surface area contributed by atoms with Crippen LogP contribution in [0.2, 0.25) is 0 Å². The zero-order valence-electron chi connectivity index (χ0n) is 12.4. The van der Waals surface area contributed by atoms with Crippen LogP contribution in [-0.4, -0.2) is 33.5 Å². The molecule has 0 saturated carbocycles. The second-order valence-electron chi connectivity index (χ2n) is 4.65. The number of nitrogens with one attached hydrogen (secondary N) is 1. The van der Waals surface area contributed by atoms with Gasteiger partial charge in [0.2, 0.25) is 0 Å². The quantitative estimate of drug-likeness (QED) is 0.632. The molecule has 0 spiro atoms. The summed E-state index contributed by atoms with van der Waals surface area (Å²) in [6.45, 7) is 7.72. The van der Waals surface area contributed by atoms with Gasteiger partial charge < -0.3 is 14.8 Å². The number of ether oxygens (including phenoxy) is 2. The Morgan fingerprint density at radius 2 is 2.05 bits per heavy atom. The van der Waals surface area contributed by atoms with Gasteiger partial charge in [0.1, 0.15) is 0 Å². The second kappa shape index (κ2) is 10.4. The molecule has 1 aromatic heterocycles. The molecule has 0 amide bonds. The van der Waals surface area contributed by atoms with Crippen molar-refractivity contribution in [3.8, 4) is 0 Å². The first-order valence-electron chi connectivity index (χ1n) is 7.16. The fourth-order valence-corrected chi connectivity index (χ4v) is 2.79. The number of hydrogen-bond acceptors (Lipinski definition) is 4. The molecule has 1 atom stereocenters. The number of methoxy groups -OCH3 is 1. The Kier molecular flexibility index (Phi) is 9.08. The highest BCUT2D eigenvalue weighted by atomic mass is 32.1. The molecule has 0 saturated heterocycles. The molecule has 1 rings (SSSR count). The largest absolute Gasteiger partial charge is 0.382 e. The molecular formula is C15H27NO2S. The van der Waals surface area contributed by atoms with E-state index in [1.165, 1.54) is 9.75 Å². The Labute approximate surface area is 121 Å². The molecular weight excluding hydrogens is 258 g/mol. The first-order valence-corrected chi connectivity index (χ1v) is 7.98. The van der Waals surface area contributed by atoms with Gasteiger partial charge in [-0.2, -0.15) is 0 Å². The number of hydrogen-bond donors (Lipinski definition) is 1. The molecule has 1 heterocycles. The maximum Gasteiger partial charge on any atom is 0.0700 e. The maximum absolute atomic E-state index is 5.43. The van der Waals surface area contributed by atoms with Crippen molar-refractivity contribution < 1.29 is 9.47 Å². The predicted octanol–water partition coefficient (Wildman–Crippen LogP) is 3.40. The van der Waals surface area contributed by atoms with Crippen molar-refractivity contribution in [2.75, 3.05) is 33.5 Å². The molecule has 110 valence electrons. The third kappa shape index (κ3) is 7.06. The highest BCUT2D eigenvalue weighted by Crippen LogP contribution is 2.23. The fraction of sp³-hybridized carbons (Fsp3) is 0.733. The summed E-state index contributed by atoms with van der Waals surface area (Å²) in [4.78, 5) is 2.91. The van der Waals surface area contributed by atoms with Gasteiger partial charge in [-0.3, -0.25) is 0 Å². The molecule has 0 aliphatic carbocycles. The van der Waals surface area contributed by atoms with Crippen molar-refractivity contribution in [3.63, 3.8) is 0 Å². The van der Waals surface area contributed by atoms with Gasteiger partial charge in [0.15, 0.2) is 0 Å². The molecule has 0 aromatic carbocycles. The second-order valence-corrected chi connectivity index (χ2v) is 5.85. The number of rotatable bonds is 11. The average Bonchev–Trinajstić information content (AvgIpc) is 2.90. The fourth-order valence-electron chi connectivity index (χ4n) is 1.81. The Bertz CT molecular complexity index is 328. The van der Waals surface area contributed by atoms with E-state index in [9.17, 15) is 0 Å². The third-order valence-corrected chi connectivity index (χ3v) is 4.47. The molecule has 19 heavy (non-hydrogen) atoms. The molecule has 1 N–H and O–H groups in total. The van der Waals surface area contributed by atoms with Crippen molar-refractivity contribution >= 4 is 11.3 Å². The minimum atomic E-state index is 0.458. The highest BCUT2D eigenvalue weighted by Gasteiger charge is 2.06. The number of unbranched alkanes of at least 4 members (excludes halogenated alkanes) is 1. The minimum Gasteiger partial charge on any atom is -0.382 e. The first kappa shape index (κ1) is 16.6. The Balaban J connectivity index is 2.02. The summed E-state index contributed by atoms with van der Waals surface area (Å²) in [6, 6.07) is 4.94. The van der Waals surface area contributed by atoms with Gasteiger partial charge in [-0.1, -0.05) is 6.92 Å². The smallest absolute Gasteiger partial charge is 0.0700 e. The first-order chi connectivity index (χ1) is 9.27. The lowest BCUT2D eigenvalue weighted by Gasteiger charge is -2.12. The van der Waals surface area contributed by atoms with Crippen molar-refractivity contribution in [2.24, 2.45) is 0 Å². The summed E-state index contributed by atoms with van der Waals surface area (Å²) in [6.07, 6.45) is 3.40. The van der Waals surface area contributed by atoms with Gasteiger partial charge in [-0.25, -0.2) is 0 Å². The summed E-state index contributed by atoms with van der Waals surface area (Å²) < 4.78 is 10.4. The SMILES string of the molecule is CCc1ccc(C(C)NCCCCOCCOC)s1. The predicted molar refractivity (Wildman–Crippen MR) is 82.0 cm³/mol. The third-order valence-electron chi connectivity index (χ3n) is 3.06. The molecule has 4 heteroatoms. The minimum absolute atomic E-state index is 0.458. The van der Waals surface area contributed by atoms with E-state index < -0.39 is 0 Å². The van der Waals surface area contributed by atoms with Crippen LogP contribution in [0, 0.1) is 0 Å². The van der Waals surface area contributed by atoms with E-state index in [1.54, 1.807) is 7.11 Å². The number of thiophene rings is 1. The van der Waals surface area contributed by atoms with Crippen molar-refractivity contribution in [3.05, 3.63) is 21.9 Å². The maximum atomic E-state index is 5.43. The van der Waals surface area contributed by atoms with Crippen LogP contribution < -0.4 is 5.32 Å². The van der Waals surface area contributed by atoms with Crippen LogP contribution >= 0.6 is 11.3 Å². The van der Waals surface area contributed by atoms with E-state index in [4.69, 9.17) is 9.47 Å². The van der Waals surface area contributed by atoms with Crippen molar-refractivity contribution in [1.29, 1.82) is 0 Å². The average molecular weight is 285 g/mol. The van der Waals surface area contributed by atoms with Gasteiger partial charge in [0, 0.05) is 29.5 Å². The van der Waals surface area contributed by atoms with Crippen LogP contribution in [0.15, 0.2) is 12.1 Å². The molecule has 0 bridgehead atoms. The van der Waals surface area contributed by atoms with E-state index in [-0.39, 0.29) is 0 Å². The Morgan fingerprint density at radius 1 is 1.21 bits per heavy atom. The molecule has 0 aliphatic heterocycles. The zero-order valence-corrected chi connectivity index (χ0v) is 13.2. The van der Waals surface area contributed by atoms with Crippen molar-refractivity contribution in [2.45, 2.75) is 39.2 Å². The van der Waals surface area contributed by atoms with Gasteiger partial charge in [0.05, 0.1) is 13.2 Å². The summed E-state index contributed by atoms with van der Waals surface area (Å²) in [5.74, 6) is 0. The van der Waals surface area contributed by atoms with E-state index in [1.807, 2.05) is 11.3 Å². The zero-order chi connectivity index (χ0) is 13.9. The molecule has 1 unspecified atom stereocenters. The lowest BCUT2D eigenvalue weighted by atomic mass is 10.2. The molecule has 1 aromatic rings. The molecule has 0 aliphatic rings. The van der Waals surface area contributed by atoms with Gasteiger partial charge in [-0.15, -0.1) is 11.3 Å². The topological polar surface area (TPSA) is 30.5 Å². The van der Waals surface area contributed by atoms with Crippen LogP contribution in [0.5, 0.6) is 0 Å². The number of aryl methyl sites for hydroxylation is 1. The summed E-state index contributed by atoms with van der Waals surface area (Å²) in [5, 5.41) is 3.57. The summed E-state index contributed by atoms with van der Waals surface area (Å²) >= 11 is 1.92. The van der Waals surface area contributed by atoms with E-state index in [0.29, 0.717) is 19.3 Å². The van der Waals surface area contributed by atoms with Crippen LogP contribution in [0.1, 0.15) is 42.5 Å². The van der Waals surface area contributed by atoms with E-state index in [0.717, 1.165) is 32.4 Å². The summed E-state index contributed by atoms with van der Waals surface area (Å²) in [5.41, 5.74) is 0. The van der Waals surface area contributed by atoms with Crippen LogP contribution in [0.3, 0.4) is 0 Å². The van der Waals surface area contributed by atoms with Crippen LogP contribution in [0.25, 0.3) is 0 Å². The monoisotopic (exact) mass is 285 g/mol. The Hall–Kier alpha value is -0.420. The molecule has 0 radical (unpaired) electrons. The highest BCUT2D eigenvalue weighted by molar-refractivity contribution is 7.12. The normalized spacial score (nSPS) is 12.8. The molecule has 3 nitrogen and oxygen atoms in total. The van der Waals surface area contributed by atoms with Crippen LogP contribution in [-0.2, 0) is 15.9 Å². The van der Waals surface area contributed by atoms with Gasteiger partial charge in [0.25, 0.3) is 0 Å². The standard InChI is InChI=1S/C15H27NO2S/c1-4-14-7-8-15(19-14)13(2)16-9-5-6-10-18-12-11-17-3/h7-8,13,16H,4-6,9-12H2,1-3H3. The van der Waals surface area contributed by atoms with Gasteiger partial charge >= 0.3 is 0 Å².